The van der Waals surface area contributed by atoms with Gasteiger partial charge in [0.05, 0.1) is 46.8 Å². The third-order valence-electron chi connectivity index (χ3n) is 14.9. The molecular formula is C66H36N2S2. The lowest BCUT2D eigenvalue weighted by Crippen LogP contribution is -1.87. The van der Waals surface area contributed by atoms with Crippen molar-refractivity contribution >= 4 is 139 Å². The Morgan fingerprint density at radius 3 is 1.11 bits per heavy atom. The molecule has 0 aliphatic carbocycles. The van der Waals surface area contributed by atoms with E-state index in [0.717, 1.165) is 98.4 Å². The summed E-state index contributed by atoms with van der Waals surface area (Å²) >= 11 is 3.59. The van der Waals surface area contributed by atoms with Gasteiger partial charge in [-0.2, -0.15) is 0 Å². The van der Waals surface area contributed by atoms with E-state index in [2.05, 4.69) is 118 Å². The summed E-state index contributed by atoms with van der Waals surface area (Å²) in [4.78, 5) is 0. The van der Waals surface area contributed by atoms with Crippen LogP contribution in [0.5, 0.6) is 0 Å². The van der Waals surface area contributed by atoms with E-state index < -0.39 is 12.1 Å². The first-order chi connectivity index (χ1) is 38.9. The molecule has 0 saturated heterocycles. The molecule has 0 amide bonds. The molecule has 0 radical (unpaired) electrons. The van der Waals surface area contributed by atoms with Crippen molar-refractivity contribution in [2.45, 2.75) is 0 Å². The summed E-state index contributed by atoms with van der Waals surface area (Å²) in [5.41, 5.74) is 11.0. The second kappa shape index (κ2) is 13.6. The largest absolute Gasteiger partial charge is 0.308 e. The number of benzene rings is 11. The van der Waals surface area contributed by atoms with Gasteiger partial charge in [0.25, 0.3) is 0 Å². The van der Waals surface area contributed by atoms with Crippen LogP contribution in [0, 0.1) is 0 Å². The van der Waals surface area contributed by atoms with Crippen molar-refractivity contribution in [3.8, 4) is 44.5 Å². The van der Waals surface area contributed by atoms with Gasteiger partial charge in [0.1, 0.15) is 0 Å². The number of hydrogen-bond donors (Lipinski definition) is 0. The summed E-state index contributed by atoms with van der Waals surface area (Å²) in [7, 11) is 0. The minimum atomic E-state index is -0.426. The Morgan fingerprint density at radius 2 is 0.671 bits per heavy atom. The Labute approximate surface area is 422 Å². The van der Waals surface area contributed by atoms with Gasteiger partial charge < -0.3 is 8.80 Å². The fourth-order valence-electron chi connectivity index (χ4n) is 12.1. The maximum Gasteiger partial charge on any atom is 0.0629 e. The van der Waals surface area contributed by atoms with Crippen LogP contribution in [-0.2, 0) is 0 Å². The molecule has 17 aromatic rings. The molecular weight excluding hydrogens is 885 g/mol. The first-order valence-corrected chi connectivity index (χ1v) is 24.9. The molecule has 70 heavy (non-hydrogen) atoms. The summed E-state index contributed by atoms with van der Waals surface area (Å²) in [6.45, 7) is 0. The molecule has 0 N–H and O–H groups in total. The van der Waals surface area contributed by atoms with Crippen molar-refractivity contribution in [3.63, 3.8) is 0 Å². The molecule has 6 heterocycles. The molecule has 0 aliphatic rings. The fourth-order valence-corrected chi connectivity index (χ4v) is 14.4. The Kier molecular flexibility index (Phi) is 5.70. The van der Waals surface area contributed by atoms with E-state index in [0.29, 0.717) is 11.1 Å². The molecule has 4 heteroatoms. The molecule has 0 atom stereocenters. The Hall–Kier alpha value is -8.54. The molecule has 0 unspecified atom stereocenters. The maximum absolute atomic E-state index is 8.99. The van der Waals surface area contributed by atoms with E-state index in [1.165, 1.54) is 40.3 Å². The Bertz CT molecular complexity index is 5280. The zero-order valence-electron chi connectivity index (χ0n) is 46.7. The van der Waals surface area contributed by atoms with Crippen LogP contribution in [0.3, 0.4) is 0 Å². The van der Waals surface area contributed by atoms with Gasteiger partial charge >= 0.3 is 0 Å². The van der Waals surface area contributed by atoms with Crippen LogP contribution in [0.4, 0.5) is 0 Å². The highest BCUT2D eigenvalue weighted by Crippen LogP contribution is 2.52. The van der Waals surface area contributed by atoms with Gasteiger partial charge in [-0.05, 0) is 93.0 Å². The molecule has 322 valence electrons. The van der Waals surface area contributed by atoms with E-state index in [1.807, 2.05) is 48.5 Å². The lowest BCUT2D eigenvalue weighted by atomic mass is 9.93. The molecule has 0 spiro atoms. The summed E-state index contributed by atoms with van der Waals surface area (Å²) in [6, 6.07) is 51.5. The number of rotatable bonds is 4. The van der Waals surface area contributed by atoms with Gasteiger partial charge in [0.2, 0.25) is 0 Å². The molecule has 0 fully saturated rings. The fraction of sp³-hybridized carbons (Fsp3) is 0. The summed E-state index contributed by atoms with van der Waals surface area (Å²) in [5, 5.41) is 13.7. The molecule has 11 aromatic carbocycles. The van der Waals surface area contributed by atoms with Crippen LogP contribution in [0.1, 0.15) is 13.7 Å². The number of aromatic nitrogens is 2. The highest BCUT2D eigenvalue weighted by Gasteiger charge is 2.27. The van der Waals surface area contributed by atoms with Gasteiger partial charge in [-0.1, -0.05) is 170 Å². The van der Waals surface area contributed by atoms with Crippen LogP contribution >= 0.6 is 22.7 Å². The summed E-state index contributed by atoms with van der Waals surface area (Å²) in [6.07, 6.45) is 0. The average Bonchev–Trinajstić information content (AvgIpc) is 2.72. The van der Waals surface area contributed by atoms with E-state index >= 15 is 0 Å². The van der Waals surface area contributed by atoms with Crippen molar-refractivity contribution < 1.29 is 13.7 Å². The normalized spacial score (nSPS) is 14.6. The third kappa shape index (κ3) is 4.81. The maximum atomic E-state index is 8.99. The Morgan fingerprint density at radius 1 is 0.286 bits per heavy atom. The van der Waals surface area contributed by atoms with E-state index in [-0.39, 0.29) is 59.5 Å². The van der Waals surface area contributed by atoms with Crippen molar-refractivity contribution in [2.75, 3.05) is 0 Å². The van der Waals surface area contributed by atoms with Gasteiger partial charge in [-0.3, -0.25) is 0 Å². The van der Waals surface area contributed by atoms with Crippen molar-refractivity contribution in [1.29, 1.82) is 0 Å². The van der Waals surface area contributed by atoms with Crippen molar-refractivity contribution in [3.05, 3.63) is 218 Å². The van der Waals surface area contributed by atoms with E-state index in [9.17, 15) is 0 Å². The molecule has 17 rings (SSSR count). The first-order valence-electron chi connectivity index (χ1n) is 28.3. The zero-order chi connectivity index (χ0) is 54.0. The number of fused-ring (bicyclic) bond motifs is 20. The quantitative estimate of drug-likeness (QED) is 0.166. The molecule has 6 aromatic heterocycles. The van der Waals surface area contributed by atoms with E-state index in [4.69, 9.17) is 13.7 Å². The topological polar surface area (TPSA) is 8.82 Å². The average molecular weight is 931 g/mol. The lowest BCUT2D eigenvalue weighted by Gasteiger charge is -2.11. The van der Waals surface area contributed by atoms with Crippen LogP contribution in [0.15, 0.2) is 218 Å². The van der Waals surface area contributed by atoms with Crippen molar-refractivity contribution in [1.82, 2.24) is 8.80 Å². The van der Waals surface area contributed by atoms with Crippen LogP contribution in [0.25, 0.3) is 161 Å². The molecule has 0 saturated carbocycles. The first kappa shape index (κ1) is 29.4. The van der Waals surface area contributed by atoms with Crippen LogP contribution < -0.4 is 0 Å². The summed E-state index contributed by atoms with van der Waals surface area (Å²) < 4.78 is 96.5. The minimum absolute atomic E-state index is 0.162. The number of thiophene rings is 2. The van der Waals surface area contributed by atoms with Gasteiger partial charge in [-0.25, -0.2) is 0 Å². The highest BCUT2D eigenvalue weighted by molar-refractivity contribution is 7.26. The zero-order valence-corrected chi connectivity index (χ0v) is 38.4. The van der Waals surface area contributed by atoms with Gasteiger partial charge in [0.15, 0.2) is 0 Å². The third-order valence-corrected chi connectivity index (χ3v) is 17.2. The predicted octanol–water partition coefficient (Wildman–Crippen LogP) is 19.4. The second-order valence-corrected chi connectivity index (χ2v) is 20.5. The molecule has 0 bridgehead atoms. The smallest absolute Gasteiger partial charge is 0.0629 e. The predicted molar refractivity (Wildman–Crippen MR) is 303 cm³/mol. The number of hydrogen-bond acceptors (Lipinski definition) is 2. The standard InChI is InChI=1S/C66H36N2S2/c1-3-15-37(16-4-1)41-19-7-9-21-43(41)39-27-29-45-53(31-39)67-55-33-50-52-36-60-62(48-24-12-14-26-58(48)70-60)64-46-30-28-40(44-22-10-8-20-42(44)38-17-5-2-6-18-38)32-54(46)68(66(52)64)56(50)34-49(55)51-35-59-61(63(45)65(51)67)47-23-11-13-25-57(47)69-59/h1-36H/i1D,2D,3D,4D,5D,6D,15D,16D,17D,18D. The minimum Gasteiger partial charge on any atom is -0.308 e. The van der Waals surface area contributed by atoms with Crippen LogP contribution in [0.2, 0.25) is 0 Å². The van der Waals surface area contributed by atoms with Crippen molar-refractivity contribution in [2.24, 2.45) is 0 Å². The molecule has 2 nitrogen and oxygen atoms in total. The molecule has 0 aliphatic heterocycles. The Balaban J connectivity index is 1.00. The highest BCUT2D eigenvalue weighted by atomic mass is 32.1. The monoisotopic (exact) mass is 930 g/mol. The van der Waals surface area contributed by atoms with Gasteiger partial charge in [-0.15, -0.1) is 22.7 Å². The second-order valence-electron chi connectivity index (χ2n) is 18.4. The lowest BCUT2D eigenvalue weighted by molar-refractivity contribution is 1.36. The number of nitrogens with zero attached hydrogens (tertiary/aromatic N) is 2. The summed E-state index contributed by atoms with van der Waals surface area (Å²) in [5.74, 6) is 0. The van der Waals surface area contributed by atoms with Crippen LogP contribution in [-0.4, -0.2) is 8.80 Å². The van der Waals surface area contributed by atoms with Gasteiger partial charge in [0, 0.05) is 83.4 Å². The van der Waals surface area contributed by atoms with E-state index in [1.54, 1.807) is 22.7 Å². The SMILES string of the molecule is [2H]c1c([2H])c([2H])c(-c2ccccc2-c2ccc3c4c5c(cc6c7cc8c(cc7n(c3c2)c64)c2cc3sc4ccccc4c3c3c4ccc(-c6ccccc6-c6c([2H])c([2H])c([2H])c([2H])c6[2H])cc4n8c23)sc2ccccc25)c([2H])c1[2H].